The van der Waals surface area contributed by atoms with E-state index in [2.05, 4.69) is 24.0 Å². The first-order chi connectivity index (χ1) is 12.6. The maximum atomic E-state index is 12.5. The summed E-state index contributed by atoms with van der Waals surface area (Å²) >= 11 is 1.57. The Morgan fingerprint density at radius 1 is 1.31 bits per heavy atom. The first kappa shape index (κ1) is 18.6. The molecular weight excluding hydrogens is 348 g/mol. The monoisotopic (exact) mass is 372 g/mol. The van der Waals surface area contributed by atoms with Crippen molar-refractivity contribution in [1.82, 2.24) is 9.88 Å². The van der Waals surface area contributed by atoms with Crippen LogP contribution in [0.15, 0.2) is 29.6 Å². The Morgan fingerprint density at radius 3 is 2.77 bits per heavy atom. The molecule has 5 nitrogen and oxygen atoms in total. The van der Waals surface area contributed by atoms with E-state index in [1.165, 1.54) is 5.56 Å². The van der Waals surface area contributed by atoms with Gasteiger partial charge in [-0.3, -0.25) is 9.59 Å². The molecule has 2 aromatic rings. The molecule has 0 N–H and O–H groups in total. The lowest BCUT2D eigenvalue weighted by atomic mass is 9.97. The third-order valence-corrected chi connectivity index (χ3v) is 5.56. The molecule has 0 bridgehead atoms. The van der Waals surface area contributed by atoms with Crippen molar-refractivity contribution >= 4 is 23.2 Å². The van der Waals surface area contributed by atoms with E-state index >= 15 is 0 Å². The summed E-state index contributed by atoms with van der Waals surface area (Å²) in [5.41, 5.74) is 3.09. The number of nitrogens with zero attached hydrogens (tertiary/aromatic N) is 2. The van der Waals surface area contributed by atoms with E-state index in [0.717, 1.165) is 16.3 Å². The Kier molecular flexibility index (Phi) is 6.04. The maximum Gasteiger partial charge on any atom is 0.309 e. The molecule has 26 heavy (non-hydrogen) atoms. The lowest BCUT2D eigenvalue weighted by molar-refractivity contribution is -0.151. The van der Waals surface area contributed by atoms with Crippen molar-refractivity contribution in [3.8, 4) is 10.6 Å². The van der Waals surface area contributed by atoms with Gasteiger partial charge in [0.1, 0.15) is 5.01 Å². The molecule has 1 aliphatic rings. The summed E-state index contributed by atoms with van der Waals surface area (Å²) in [7, 11) is 0. The number of rotatable bonds is 5. The Hall–Kier alpha value is -2.21. The molecule has 3 rings (SSSR count). The fourth-order valence-electron chi connectivity index (χ4n) is 3.19. The van der Waals surface area contributed by atoms with Gasteiger partial charge in [-0.05, 0) is 32.8 Å². The van der Waals surface area contributed by atoms with Gasteiger partial charge in [-0.1, -0.05) is 23.8 Å². The molecule has 0 atom stereocenters. The fourth-order valence-corrected chi connectivity index (χ4v) is 4.01. The number of piperidine rings is 1. The van der Waals surface area contributed by atoms with Crippen molar-refractivity contribution in [3.63, 3.8) is 0 Å². The molecule has 1 saturated heterocycles. The van der Waals surface area contributed by atoms with Gasteiger partial charge in [-0.25, -0.2) is 4.98 Å². The topological polar surface area (TPSA) is 59.5 Å². The van der Waals surface area contributed by atoms with Gasteiger partial charge in [0.15, 0.2) is 0 Å². The highest BCUT2D eigenvalue weighted by molar-refractivity contribution is 7.13. The zero-order valence-corrected chi connectivity index (χ0v) is 16.1. The van der Waals surface area contributed by atoms with Crippen LogP contribution in [0.2, 0.25) is 0 Å². The predicted molar refractivity (Wildman–Crippen MR) is 102 cm³/mol. The molecule has 0 aliphatic carbocycles. The first-order valence-electron chi connectivity index (χ1n) is 9.02. The maximum absolute atomic E-state index is 12.5. The standard InChI is InChI=1S/C20H24N2O3S/c1-3-25-20(24)15-7-9-22(10-8-15)18(23)12-17-13-26-19(21-17)16-6-4-5-14(2)11-16/h4-6,11,13,15H,3,7-10,12H2,1-2H3. The van der Waals surface area contributed by atoms with E-state index in [9.17, 15) is 9.59 Å². The van der Waals surface area contributed by atoms with Crippen LogP contribution in [-0.2, 0) is 20.7 Å². The summed E-state index contributed by atoms with van der Waals surface area (Å²) in [4.78, 5) is 30.8. The van der Waals surface area contributed by atoms with Crippen LogP contribution in [-0.4, -0.2) is 41.5 Å². The molecule has 0 unspecified atom stereocenters. The highest BCUT2D eigenvalue weighted by Gasteiger charge is 2.28. The normalized spacial score (nSPS) is 15.1. The van der Waals surface area contributed by atoms with Crippen molar-refractivity contribution in [2.75, 3.05) is 19.7 Å². The van der Waals surface area contributed by atoms with E-state index in [1.807, 2.05) is 29.3 Å². The number of thiazole rings is 1. The van der Waals surface area contributed by atoms with Crippen LogP contribution in [0.25, 0.3) is 10.6 Å². The zero-order valence-electron chi connectivity index (χ0n) is 15.2. The van der Waals surface area contributed by atoms with Crippen molar-refractivity contribution in [2.45, 2.75) is 33.1 Å². The van der Waals surface area contributed by atoms with Crippen LogP contribution in [0, 0.1) is 12.8 Å². The molecule has 0 spiro atoms. The van der Waals surface area contributed by atoms with Crippen LogP contribution in [0.5, 0.6) is 0 Å². The molecule has 1 fully saturated rings. The third-order valence-electron chi connectivity index (χ3n) is 4.62. The van der Waals surface area contributed by atoms with Crippen molar-refractivity contribution in [2.24, 2.45) is 5.92 Å². The molecule has 1 aliphatic heterocycles. The summed E-state index contributed by atoms with van der Waals surface area (Å²) in [5, 5.41) is 2.90. The number of carbonyl (C=O) groups is 2. The summed E-state index contributed by atoms with van der Waals surface area (Å²) in [5.74, 6) is -0.138. The van der Waals surface area contributed by atoms with E-state index < -0.39 is 0 Å². The molecule has 1 aromatic carbocycles. The lowest BCUT2D eigenvalue weighted by Gasteiger charge is -2.30. The number of benzene rings is 1. The number of hydrogen-bond acceptors (Lipinski definition) is 5. The predicted octanol–water partition coefficient (Wildman–Crippen LogP) is 3.46. The Morgan fingerprint density at radius 2 is 2.08 bits per heavy atom. The molecule has 0 radical (unpaired) electrons. The van der Waals surface area contributed by atoms with Gasteiger partial charge >= 0.3 is 5.97 Å². The lowest BCUT2D eigenvalue weighted by Crippen LogP contribution is -2.41. The van der Waals surface area contributed by atoms with E-state index in [4.69, 9.17) is 4.74 Å². The van der Waals surface area contributed by atoms with E-state index in [0.29, 0.717) is 39.0 Å². The minimum absolute atomic E-state index is 0.0772. The first-order valence-corrected chi connectivity index (χ1v) is 9.90. The second-order valence-corrected chi connectivity index (χ2v) is 7.46. The number of aromatic nitrogens is 1. The number of aryl methyl sites for hydroxylation is 1. The number of ether oxygens (including phenoxy) is 1. The number of likely N-dealkylation sites (tertiary alicyclic amines) is 1. The van der Waals surface area contributed by atoms with Gasteiger partial charge in [-0.15, -0.1) is 11.3 Å². The average molecular weight is 372 g/mol. The number of carbonyl (C=O) groups excluding carboxylic acids is 2. The molecule has 6 heteroatoms. The number of hydrogen-bond donors (Lipinski definition) is 0. The molecule has 138 valence electrons. The van der Waals surface area contributed by atoms with E-state index in [-0.39, 0.29) is 17.8 Å². The SMILES string of the molecule is CCOC(=O)C1CCN(C(=O)Cc2csc(-c3cccc(C)c3)n2)CC1. The van der Waals surface area contributed by atoms with Crippen LogP contribution in [0.3, 0.4) is 0 Å². The van der Waals surface area contributed by atoms with Gasteiger partial charge < -0.3 is 9.64 Å². The Bertz CT molecular complexity index is 779. The summed E-state index contributed by atoms with van der Waals surface area (Å²) in [6, 6.07) is 8.22. The smallest absolute Gasteiger partial charge is 0.309 e. The van der Waals surface area contributed by atoms with Crippen LogP contribution < -0.4 is 0 Å². The van der Waals surface area contributed by atoms with E-state index in [1.54, 1.807) is 11.3 Å². The quantitative estimate of drug-likeness (QED) is 0.754. The highest BCUT2D eigenvalue weighted by Crippen LogP contribution is 2.25. The second kappa shape index (κ2) is 8.45. The Labute approximate surface area is 158 Å². The minimum atomic E-state index is -0.137. The second-order valence-electron chi connectivity index (χ2n) is 6.60. The fraction of sp³-hybridized carbons (Fsp3) is 0.450. The minimum Gasteiger partial charge on any atom is -0.466 e. The average Bonchev–Trinajstić information content (AvgIpc) is 3.10. The highest BCUT2D eigenvalue weighted by atomic mass is 32.1. The van der Waals surface area contributed by atoms with Crippen molar-refractivity contribution < 1.29 is 14.3 Å². The van der Waals surface area contributed by atoms with Gasteiger partial charge in [0, 0.05) is 24.0 Å². The van der Waals surface area contributed by atoms with Crippen LogP contribution >= 0.6 is 11.3 Å². The Balaban J connectivity index is 1.55. The van der Waals surface area contributed by atoms with Crippen LogP contribution in [0.4, 0.5) is 0 Å². The zero-order chi connectivity index (χ0) is 18.5. The van der Waals surface area contributed by atoms with Crippen LogP contribution in [0.1, 0.15) is 31.0 Å². The number of amides is 1. The van der Waals surface area contributed by atoms with Gasteiger partial charge in [0.2, 0.25) is 5.91 Å². The largest absolute Gasteiger partial charge is 0.466 e. The van der Waals surface area contributed by atoms with Gasteiger partial charge in [0.05, 0.1) is 24.6 Å². The van der Waals surface area contributed by atoms with Gasteiger partial charge in [-0.2, -0.15) is 0 Å². The third kappa shape index (κ3) is 4.49. The summed E-state index contributed by atoms with van der Waals surface area (Å²) in [6.45, 7) is 5.50. The molecule has 2 heterocycles. The van der Waals surface area contributed by atoms with Crippen molar-refractivity contribution in [3.05, 3.63) is 40.9 Å². The summed E-state index contributed by atoms with van der Waals surface area (Å²) < 4.78 is 5.07. The van der Waals surface area contributed by atoms with Crippen molar-refractivity contribution in [1.29, 1.82) is 0 Å². The molecule has 1 aromatic heterocycles. The molecular formula is C20H24N2O3S. The number of esters is 1. The molecule has 0 saturated carbocycles. The molecule has 1 amide bonds. The van der Waals surface area contributed by atoms with Gasteiger partial charge in [0.25, 0.3) is 0 Å². The summed E-state index contributed by atoms with van der Waals surface area (Å²) in [6.07, 6.45) is 1.67.